The van der Waals surface area contributed by atoms with Crippen LogP contribution >= 0.6 is 0 Å². The van der Waals surface area contributed by atoms with Gasteiger partial charge in [0, 0.05) is 50.9 Å². The van der Waals surface area contributed by atoms with Crippen LogP contribution in [0.3, 0.4) is 0 Å². The molecule has 0 aromatic carbocycles. The summed E-state index contributed by atoms with van der Waals surface area (Å²) in [5.74, 6) is 4.30. The van der Waals surface area contributed by atoms with Gasteiger partial charge in [0.1, 0.15) is 23.3 Å². The zero-order valence-corrected chi connectivity index (χ0v) is 17.2. The molecule has 152 valence electrons. The summed E-state index contributed by atoms with van der Waals surface area (Å²) >= 11 is 0. The van der Waals surface area contributed by atoms with Gasteiger partial charge in [0.2, 0.25) is 0 Å². The van der Waals surface area contributed by atoms with Crippen molar-refractivity contribution in [2.75, 3.05) is 31.1 Å². The van der Waals surface area contributed by atoms with E-state index in [9.17, 15) is 5.11 Å². The van der Waals surface area contributed by atoms with Crippen molar-refractivity contribution in [2.45, 2.75) is 58.1 Å². The fraction of sp³-hybridized carbons (Fsp3) is 0.700. The number of hydrogen-bond donors (Lipinski definition) is 1. The molecule has 28 heavy (non-hydrogen) atoms. The van der Waals surface area contributed by atoms with Gasteiger partial charge in [-0.1, -0.05) is 0 Å². The summed E-state index contributed by atoms with van der Waals surface area (Å²) in [6.45, 7) is 8.61. The minimum Gasteiger partial charge on any atom is -0.393 e. The van der Waals surface area contributed by atoms with Gasteiger partial charge in [-0.3, -0.25) is 4.90 Å². The molecule has 2 aromatic rings. The molecule has 2 aliphatic rings. The lowest BCUT2D eigenvalue weighted by molar-refractivity contribution is 0.0775. The third-order valence-corrected chi connectivity index (χ3v) is 6.07. The Kier molecular flexibility index (Phi) is 5.59. The highest BCUT2D eigenvalue weighted by atomic mass is 16.3. The van der Waals surface area contributed by atoms with Crippen molar-refractivity contribution < 1.29 is 5.11 Å². The first-order valence-corrected chi connectivity index (χ1v) is 10.3. The van der Waals surface area contributed by atoms with Gasteiger partial charge in [-0.2, -0.15) is 0 Å². The van der Waals surface area contributed by atoms with Crippen molar-refractivity contribution in [3.63, 3.8) is 0 Å². The first kappa shape index (κ1) is 19.3. The highest BCUT2D eigenvalue weighted by molar-refractivity contribution is 5.46. The fourth-order valence-corrected chi connectivity index (χ4v) is 4.36. The van der Waals surface area contributed by atoms with E-state index in [0.29, 0.717) is 5.92 Å². The number of aromatic nitrogens is 5. The fourth-order valence-electron chi connectivity index (χ4n) is 4.36. The number of rotatable bonds is 4. The Hall–Kier alpha value is -2.06. The number of anilines is 1. The van der Waals surface area contributed by atoms with Crippen LogP contribution in [0, 0.1) is 13.8 Å². The molecule has 2 aliphatic heterocycles. The van der Waals surface area contributed by atoms with Gasteiger partial charge in [-0.05, 0) is 39.5 Å². The lowest BCUT2D eigenvalue weighted by atomic mass is 9.97. The predicted octanol–water partition coefficient (Wildman–Crippen LogP) is 1.56. The molecule has 1 atom stereocenters. The summed E-state index contributed by atoms with van der Waals surface area (Å²) in [4.78, 5) is 13.7. The van der Waals surface area contributed by atoms with Crippen LogP contribution in [0.5, 0.6) is 0 Å². The Morgan fingerprint density at radius 1 is 1.11 bits per heavy atom. The summed E-state index contributed by atoms with van der Waals surface area (Å²) in [7, 11) is 2.09. The second kappa shape index (κ2) is 8.13. The van der Waals surface area contributed by atoms with Crippen molar-refractivity contribution in [1.82, 2.24) is 29.6 Å². The van der Waals surface area contributed by atoms with Gasteiger partial charge in [0.25, 0.3) is 0 Å². The van der Waals surface area contributed by atoms with Crippen molar-refractivity contribution in [1.29, 1.82) is 0 Å². The van der Waals surface area contributed by atoms with Crippen LogP contribution in [-0.2, 0) is 13.6 Å². The predicted molar refractivity (Wildman–Crippen MR) is 107 cm³/mol. The number of aliphatic hydroxyl groups excluding tert-OH is 1. The van der Waals surface area contributed by atoms with Crippen molar-refractivity contribution in [2.24, 2.45) is 7.05 Å². The molecule has 8 nitrogen and oxygen atoms in total. The Morgan fingerprint density at radius 3 is 2.68 bits per heavy atom. The standard InChI is InChI=1S/C20H31N7O/c1-14-11-21-15(2)22-19(14)27-8-4-5-16(12-27)20-24-23-18(25(20)3)13-26-9-6-17(28)7-10-26/h11,16-17,28H,4-10,12-13H2,1-3H3/t16-/m0/s1. The zero-order chi connectivity index (χ0) is 19.7. The van der Waals surface area contributed by atoms with Crippen LogP contribution in [0.1, 0.15) is 54.6 Å². The van der Waals surface area contributed by atoms with Crippen LogP contribution in [0.2, 0.25) is 0 Å². The van der Waals surface area contributed by atoms with Gasteiger partial charge < -0.3 is 14.6 Å². The molecule has 1 N–H and O–H groups in total. The van der Waals surface area contributed by atoms with Crippen LogP contribution in [-0.4, -0.2) is 67.0 Å². The summed E-state index contributed by atoms with van der Waals surface area (Å²) in [6.07, 6.45) is 5.71. The van der Waals surface area contributed by atoms with E-state index in [4.69, 9.17) is 0 Å². The molecule has 2 fully saturated rings. The minimum absolute atomic E-state index is 0.145. The van der Waals surface area contributed by atoms with Crippen LogP contribution < -0.4 is 4.90 Å². The molecule has 2 saturated heterocycles. The molecule has 4 rings (SSSR count). The Bertz CT molecular complexity index is 813. The van der Waals surface area contributed by atoms with Crippen molar-refractivity contribution >= 4 is 5.82 Å². The minimum atomic E-state index is -0.145. The van der Waals surface area contributed by atoms with E-state index in [1.165, 1.54) is 0 Å². The van der Waals surface area contributed by atoms with E-state index in [2.05, 4.69) is 48.5 Å². The lowest BCUT2D eigenvalue weighted by Crippen LogP contribution is -2.37. The van der Waals surface area contributed by atoms with Crippen LogP contribution in [0.25, 0.3) is 0 Å². The van der Waals surface area contributed by atoms with E-state index < -0.39 is 0 Å². The third-order valence-electron chi connectivity index (χ3n) is 6.07. The third kappa shape index (κ3) is 4.03. The molecule has 8 heteroatoms. The second-order valence-electron chi connectivity index (χ2n) is 8.25. The Labute approximate surface area is 166 Å². The average molecular weight is 386 g/mol. The first-order valence-electron chi connectivity index (χ1n) is 10.3. The highest BCUT2D eigenvalue weighted by Gasteiger charge is 2.28. The maximum absolute atomic E-state index is 9.70. The maximum Gasteiger partial charge on any atom is 0.146 e. The van der Waals surface area contributed by atoms with E-state index >= 15 is 0 Å². The Morgan fingerprint density at radius 2 is 1.89 bits per heavy atom. The number of hydrogen-bond acceptors (Lipinski definition) is 7. The molecule has 0 radical (unpaired) electrons. The smallest absolute Gasteiger partial charge is 0.146 e. The topological polar surface area (TPSA) is 83.2 Å². The number of aryl methyl sites for hydroxylation is 2. The molecule has 0 amide bonds. The van der Waals surface area contributed by atoms with Crippen molar-refractivity contribution in [3.8, 4) is 0 Å². The maximum atomic E-state index is 9.70. The first-order chi connectivity index (χ1) is 13.5. The van der Waals surface area contributed by atoms with Crippen molar-refractivity contribution in [3.05, 3.63) is 29.2 Å². The average Bonchev–Trinajstić information content (AvgIpc) is 3.06. The molecule has 0 saturated carbocycles. The summed E-state index contributed by atoms with van der Waals surface area (Å²) in [6, 6.07) is 0. The Balaban J connectivity index is 1.47. The second-order valence-corrected chi connectivity index (χ2v) is 8.25. The van der Waals surface area contributed by atoms with Gasteiger partial charge in [0.15, 0.2) is 0 Å². The SMILES string of the molecule is Cc1ncc(C)c(N2CCC[C@H](c3nnc(CN4CCC(O)CC4)n3C)C2)n1. The number of piperidine rings is 2. The molecule has 0 spiro atoms. The van der Waals surface area contributed by atoms with Gasteiger partial charge in [0.05, 0.1) is 12.6 Å². The van der Waals surface area contributed by atoms with E-state index in [1.807, 2.05) is 13.1 Å². The van der Waals surface area contributed by atoms with Crippen LogP contribution in [0.15, 0.2) is 6.20 Å². The summed E-state index contributed by atoms with van der Waals surface area (Å²) in [5, 5.41) is 18.8. The molecular formula is C20H31N7O. The normalized spacial score (nSPS) is 22.0. The molecular weight excluding hydrogens is 354 g/mol. The van der Waals surface area contributed by atoms with E-state index in [1.54, 1.807) is 0 Å². The van der Waals surface area contributed by atoms with Gasteiger partial charge in [-0.15, -0.1) is 10.2 Å². The summed E-state index contributed by atoms with van der Waals surface area (Å²) in [5.41, 5.74) is 1.12. The zero-order valence-electron chi connectivity index (χ0n) is 17.2. The van der Waals surface area contributed by atoms with E-state index in [0.717, 1.165) is 87.3 Å². The van der Waals surface area contributed by atoms with Gasteiger partial charge >= 0.3 is 0 Å². The van der Waals surface area contributed by atoms with E-state index in [-0.39, 0.29) is 6.10 Å². The van der Waals surface area contributed by atoms with Gasteiger partial charge in [-0.25, -0.2) is 9.97 Å². The quantitative estimate of drug-likeness (QED) is 0.855. The number of likely N-dealkylation sites (tertiary alicyclic amines) is 1. The molecule has 0 aliphatic carbocycles. The largest absolute Gasteiger partial charge is 0.393 e. The highest BCUT2D eigenvalue weighted by Crippen LogP contribution is 2.30. The molecule has 0 unspecified atom stereocenters. The number of nitrogens with zero attached hydrogens (tertiary/aromatic N) is 7. The molecule has 4 heterocycles. The summed E-state index contributed by atoms with van der Waals surface area (Å²) < 4.78 is 2.18. The van der Waals surface area contributed by atoms with Crippen LogP contribution in [0.4, 0.5) is 5.82 Å². The number of aliphatic hydroxyl groups is 1. The molecule has 0 bridgehead atoms. The monoisotopic (exact) mass is 385 g/mol. The lowest BCUT2D eigenvalue weighted by Gasteiger charge is -2.34. The molecule has 2 aromatic heterocycles.